The summed E-state index contributed by atoms with van der Waals surface area (Å²) in [6, 6.07) is 11.6. The lowest BCUT2D eigenvalue weighted by molar-refractivity contribution is -0.919. The lowest BCUT2D eigenvalue weighted by atomic mass is 10.0. The fourth-order valence-electron chi connectivity index (χ4n) is 4.04. The minimum Gasteiger partial charge on any atom is -1.00 e. The van der Waals surface area contributed by atoms with E-state index >= 15 is 0 Å². The Morgan fingerprint density at radius 3 is 1.46 bits per heavy atom. The van der Waals surface area contributed by atoms with Gasteiger partial charge in [0.2, 0.25) is 0 Å². The number of benzene rings is 1. The van der Waals surface area contributed by atoms with Gasteiger partial charge in [0.05, 0.1) is 20.6 Å². The van der Waals surface area contributed by atoms with Crippen LogP contribution in [0.2, 0.25) is 0 Å². The summed E-state index contributed by atoms with van der Waals surface area (Å²) < 4.78 is 1.10. The number of hydrogen-bond donors (Lipinski definition) is 0. The monoisotopic (exact) mass is 453 g/mol. The van der Waals surface area contributed by atoms with Crippen LogP contribution in [-0.2, 0) is 0 Å². The summed E-state index contributed by atoms with van der Waals surface area (Å²) in [5.74, 6) is 0. The topological polar surface area (TPSA) is 0 Å². The molecule has 1 unspecified atom stereocenters. The molecule has 0 aliphatic rings. The van der Waals surface area contributed by atoms with Gasteiger partial charge in [-0.1, -0.05) is 114 Å². The van der Waals surface area contributed by atoms with Crippen molar-refractivity contribution in [2.24, 2.45) is 0 Å². The zero-order valence-corrected chi connectivity index (χ0v) is 21.0. The van der Waals surface area contributed by atoms with Crippen molar-refractivity contribution in [2.45, 2.75) is 110 Å². The molecule has 0 fully saturated rings. The number of nitrogens with zero attached hydrogens (tertiary/aromatic N) is 1. The first-order valence-electron chi connectivity index (χ1n) is 12.0. The molecule has 0 amide bonds. The molecule has 1 rings (SSSR count). The maximum Gasteiger partial charge on any atom is 0.111 e. The van der Waals surface area contributed by atoms with Crippen molar-refractivity contribution < 1.29 is 21.5 Å². The van der Waals surface area contributed by atoms with Crippen LogP contribution in [0.3, 0.4) is 0 Å². The Morgan fingerprint density at radius 2 is 1.04 bits per heavy atom. The van der Waals surface area contributed by atoms with E-state index in [1.807, 2.05) is 0 Å². The van der Waals surface area contributed by atoms with E-state index in [-0.39, 0.29) is 17.0 Å². The minimum absolute atomic E-state index is 0. The third kappa shape index (κ3) is 13.0. The third-order valence-electron chi connectivity index (χ3n) is 6.42. The molecule has 1 nitrogen and oxygen atoms in total. The van der Waals surface area contributed by atoms with Gasteiger partial charge in [0.1, 0.15) is 6.04 Å². The fraction of sp³-hybridized carbons (Fsp3) is 0.769. The maximum absolute atomic E-state index is 2.39. The van der Waals surface area contributed by atoms with Gasteiger partial charge in [-0.25, -0.2) is 0 Å². The summed E-state index contributed by atoms with van der Waals surface area (Å²) in [5.41, 5.74) is 1.47. The molecular formula is C26H48BrN. The Balaban J connectivity index is 0.00000729. The molecule has 0 saturated heterocycles. The first-order valence-corrected chi connectivity index (χ1v) is 12.0. The van der Waals surface area contributed by atoms with Gasteiger partial charge in [0.15, 0.2) is 0 Å². The zero-order chi connectivity index (χ0) is 19.8. The molecule has 0 bridgehead atoms. The van der Waals surface area contributed by atoms with Crippen molar-refractivity contribution in [3.05, 3.63) is 35.9 Å². The van der Waals surface area contributed by atoms with Gasteiger partial charge in [0.25, 0.3) is 0 Å². The quantitative estimate of drug-likeness (QED) is 0.221. The van der Waals surface area contributed by atoms with Crippen molar-refractivity contribution in [3.8, 4) is 0 Å². The molecule has 0 aliphatic heterocycles. The first kappa shape index (κ1) is 27.7. The van der Waals surface area contributed by atoms with E-state index in [0.29, 0.717) is 6.04 Å². The Morgan fingerprint density at radius 1 is 0.643 bits per heavy atom. The van der Waals surface area contributed by atoms with Crippen LogP contribution in [-0.4, -0.2) is 25.1 Å². The largest absolute Gasteiger partial charge is 1.00 e. The fourth-order valence-corrected chi connectivity index (χ4v) is 4.04. The van der Waals surface area contributed by atoms with E-state index in [1.165, 1.54) is 102 Å². The van der Waals surface area contributed by atoms with Gasteiger partial charge in [-0.15, -0.1) is 0 Å². The second kappa shape index (κ2) is 17.5. The lowest BCUT2D eigenvalue weighted by Gasteiger charge is -2.36. The minimum atomic E-state index is 0. The summed E-state index contributed by atoms with van der Waals surface area (Å²) in [4.78, 5) is 0. The highest BCUT2D eigenvalue weighted by molar-refractivity contribution is 5.16. The van der Waals surface area contributed by atoms with Gasteiger partial charge >= 0.3 is 0 Å². The highest BCUT2D eigenvalue weighted by atomic mass is 79.9. The van der Waals surface area contributed by atoms with E-state index < -0.39 is 0 Å². The van der Waals surface area contributed by atoms with Crippen molar-refractivity contribution in [1.29, 1.82) is 0 Å². The molecule has 0 aliphatic carbocycles. The van der Waals surface area contributed by atoms with Gasteiger partial charge in [-0.2, -0.15) is 0 Å². The second-order valence-corrected chi connectivity index (χ2v) is 9.19. The number of unbranched alkanes of at least 4 members (excludes halogenated alkanes) is 13. The van der Waals surface area contributed by atoms with E-state index in [4.69, 9.17) is 0 Å². The van der Waals surface area contributed by atoms with Gasteiger partial charge < -0.3 is 21.5 Å². The van der Waals surface area contributed by atoms with Gasteiger partial charge in [0, 0.05) is 5.56 Å². The standard InChI is InChI=1S/C26H48N.BrH/c1-5-6-7-8-9-10-11-12-13-14-15-16-17-21-24-27(3,4)25(2)26-22-19-18-20-23-26;/h18-20,22-23,25H,5-17,21,24H2,1-4H3;1H/q+1;/p-1. The molecular weight excluding hydrogens is 406 g/mol. The van der Waals surface area contributed by atoms with Crippen molar-refractivity contribution in [2.75, 3.05) is 20.6 Å². The number of rotatable bonds is 17. The van der Waals surface area contributed by atoms with Crippen LogP contribution in [0.15, 0.2) is 30.3 Å². The molecule has 28 heavy (non-hydrogen) atoms. The summed E-state index contributed by atoms with van der Waals surface area (Å²) >= 11 is 0. The molecule has 2 heteroatoms. The first-order chi connectivity index (χ1) is 13.1. The van der Waals surface area contributed by atoms with Crippen molar-refractivity contribution in [3.63, 3.8) is 0 Å². The Labute approximate surface area is 187 Å². The summed E-state index contributed by atoms with van der Waals surface area (Å²) in [6.45, 7) is 5.96. The summed E-state index contributed by atoms with van der Waals surface area (Å²) in [6.07, 6.45) is 20.1. The van der Waals surface area contributed by atoms with E-state index in [2.05, 4.69) is 58.3 Å². The average Bonchev–Trinajstić information content (AvgIpc) is 2.68. The van der Waals surface area contributed by atoms with E-state index in [1.54, 1.807) is 0 Å². The van der Waals surface area contributed by atoms with Crippen molar-refractivity contribution in [1.82, 2.24) is 0 Å². The van der Waals surface area contributed by atoms with Crippen LogP contribution in [0.4, 0.5) is 0 Å². The molecule has 0 aromatic heterocycles. The summed E-state index contributed by atoms with van der Waals surface area (Å²) in [5, 5.41) is 0. The van der Waals surface area contributed by atoms with Crippen LogP contribution in [0.25, 0.3) is 0 Å². The average molecular weight is 455 g/mol. The molecule has 0 N–H and O–H groups in total. The maximum atomic E-state index is 2.39. The summed E-state index contributed by atoms with van der Waals surface area (Å²) in [7, 11) is 4.78. The molecule has 164 valence electrons. The highest BCUT2D eigenvalue weighted by Crippen LogP contribution is 2.25. The van der Waals surface area contributed by atoms with E-state index in [0.717, 1.165) is 4.48 Å². The number of hydrogen-bond acceptors (Lipinski definition) is 0. The molecule has 1 aromatic carbocycles. The predicted molar refractivity (Wildman–Crippen MR) is 122 cm³/mol. The van der Waals surface area contributed by atoms with Crippen LogP contribution in [0, 0.1) is 0 Å². The highest BCUT2D eigenvalue weighted by Gasteiger charge is 2.24. The van der Waals surface area contributed by atoms with E-state index in [9.17, 15) is 0 Å². The zero-order valence-electron chi connectivity index (χ0n) is 19.4. The van der Waals surface area contributed by atoms with Crippen LogP contribution >= 0.6 is 0 Å². The third-order valence-corrected chi connectivity index (χ3v) is 6.42. The molecule has 0 spiro atoms. The van der Waals surface area contributed by atoms with Crippen LogP contribution in [0.5, 0.6) is 0 Å². The molecule has 0 saturated carbocycles. The van der Waals surface area contributed by atoms with Gasteiger partial charge in [-0.05, 0) is 19.8 Å². The Bertz CT molecular complexity index is 443. The van der Waals surface area contributed by atoms with Crippen LogP contribution < -0.4 is 17.0 Å². The molecule has 0 radical (unpaired) electrons. The SMILES string of the molecule is CCCCCCCCCCCCCCCC[N+](C)(C)C(C)c1ccccc1.[Br-]. The number of quaternary nitrogens is 1. The Hall–Kier alpha value is -0.340. The normalized spacial score (nSPS) is 12.6. The predicted octanol–water partition coefficient (Wildman–Crippen LogP) is 5.31. The Kier molecular flexibility index (Phi) is 17.3. The molecule has 1 atom stereocenters. The van der Waals surface area contributed by atoms with Gasteiger partial charge in [-0.3, -0.25) is 0 Å². The smallest absolute Gasteiger partial charge is 0.111 e. The lowest BCUT2D eigenvalue weighted by Crippen LogP contribution is -3.00. The number of halogens is 1. The van der Waals surface area contributed by atoms with Crippen LogP contribution in [0.1, 0.15) is 115 Å². The second-order valence-electron chi connectivity index (χ2n) is 9.19. The van der Waals surface area contributed by atoms with Crippen molar-refractivity contribution >= 4 is 0 Å². The molecule has 1 aromatic rings. The molecule has 0 heterocycles.